The van der Waals surface area contributed by atoms with E-state index in [1.807, 2.05) is 31.2 Å². The van der Waals surface area contributed by atoms with Gasteiger partial charge in [0.2, 0.25) is 5.78 Å². The number of benzene rings is 1. The molecule has 0 spiro atoms. The number of carbonyl (C=O) groups is 2. The largest absolute Gasteiger partial charge is 0.444 e. The van der Waals surface area contributed by atoms with Crippen LogP contribution in [0.3, 0.4) is 0 Å². The SMILES string of the molecule is C=C(C)NCc1cccc(C[C@H](NC(=O)OC(C)(C)C)C(=O)c2nccs2)c1. The van der Waals surface area contributed by atoms with Gasteiger partial charge in [0.25, 0.3) is 0 Å². The molecule has 0 unspecified atom stereocenters. The predicted octanol–water partition coefficient (Wildman–Crippen LogP) is 4.09. The Hall–Kier alpha value is -2.67. The third-order valence-corrected chi connectivity index (χ3v) is 4.46. The lowest BCUT2D eigenvalue weighted by Crippen LogP contribution is -2.44. The van der Waals surface area contributed by atoms with Gasteiger partial charge in [-0.25, -0.2) is 9.78 Å². The summed E-state index contributed by atoms with van der Waals surface area (Å²) in [5, 5.41) is 7.99. The van der Waals surface area contributed by atoms with Gasteiger partial charge in [0.1, 0.15) is 11.6 Å². The van der Waals surface area contributed by atoms with Crippen molar-refractivity contribution < 1.29 is 14.3 Å². The Balaban J connectivity index is 2.17. The monoisotopic (exact) mass is 401 g/mol. The molecule has 2 rings (SSSR count). The van der Waals surface area contributed by atoms with Crippen molar-refractivity contribution in [1.82, 2.24) is 15.6 Å². The van der Waals surface area contributed by atoms with Crippen molar-refractivity contribution in [1.29, 1.82) is 0 Å². The maximum atomic E-state index is 12.9. The lowest BCUT2D eigenvalue weighted by molar-refractivity contribution is 0.0491. The van der Waals surface area contributed by atoms with Crippen LogP contribution in [0.15, 0.2) is 48.1 Å². The number of hydrogen-bond donors (Lipinski definition) is 2. The molecule has 0 radical (unpaired) electrons. The average molecular weight is 402 g/mol. The molecule has 1 aromatic carbocycles. The van der Waals surface area contributed by atoms with E-state index in [-0.39, 0.29) is 5.78 Å². The number of rotatable bonds is 8. The van der Waals surface area contributed by atoms with Gasteiger partial charge in [-0.1, -0.05) is 30.8 Å². The summed E-state index contributed by atoms with van der Waals surface area (Å²) in [6.07, 6.45) is 1.30. The average Bonchev–Trinajstić information content (AvgIpc) is 3.12. The molecule has 2 aromatic rings. The van der Waals surface area contributed by atoms with E-state index in [1.54, 1.807) is 32.3 Å². The third-order valence-electron chi connectivity index (χ3n) is 3.68. The first-order valence-corrected chi connectivity index (χ1v) is 9.92. The predicted molar refractivity (Wildman–Crippen MR) is 111 cm³/mol. The van der Waals surface area contributed by atoms with E-state index in [2.05, 4.69) is 22.2 Å². The lowest BCUT2D eigenvalue weighted by atomic mass is 10.0. The number of hydrogen-bond acceptors (Lipinski definition) is 6. The summed E-state index contributed by atoms with van der Waals surface area (Å²) in [6, 6.07) is 7.12. The zero-order chi connectivity index (χ0) is 20.7. The highest BCUT2D eigenvalue weighted by Gasteiger charge is 2.27. The maximum absolute atomic E-state index is 12.9. The second-order valence-corrected chi connectivity index (χ2v) is 8.45. The number of Topliss-reactive ketones (excluding diaryl/α,β-unsaturated/α-hetero) is 1. The standard InChI is InChI=1S/C21H27N3O3S/c1-14(2)23-13-16-8-6-7-15(11-16)12-17(18(25)19-22-9-10-28-19)24-20(26)27-21(3,4)5/h6-11,17,23H,1,12-13H2,2-5H3,(H,24,26)/t17-/m0/s1. The first kappa shape index (κ1) is 21.6. The molecule has 0 aliphatic heterocycles. The first-order valence-electron chi connectivity index (χ1n) is 9.04. The number of aromatic nitrogens is 1. The quantitative estimate of drug-likeness (QED) is 0.652. The molecule has 0 saturated heterocycles. The minimum absolute atomic E-state index is 0.230. The summed E-state index contributed by atoms with van der Waals surface area (Å²) in [5.41, 5.74) is 2.24. The van der Waals surface area contributed by atoms with Crippen molar-refractivity contribution >= 4 is 23.2 Å². The molecule has 1 aromatic heterocycles. The van der Waals surface area contributed by atoms with Gasteiger partial charge in [-0.15, -0.1) is 11.3 Å². The number of nitrogens with one attached hydrogen (secondary N) is 2. The van der Waals surface area contributed by atoms with Crippen molar-refractivity contribution in [3.8, 4) is 0 Å². The van der Waals surface area contributed by atoms with E-state index in [1.165, 1.54) is 11.3 Å². The normalized spacial score (nSPS) is 12.1. The second-order valence-electron chi connectivity index (χ2n) is 7.56. The molecule has 1 heterocycles. The molecule has 0 fully saturated rings. The van der Waals surface area contributed by atoms with Gasteiger partial charge in [0.15, 0.2) is 5.01 Å². The summed E-state index contributed by atoms with van der Waals surface area (Å²) < 4.78 is 5.32. The van der Waals surface area contributed by atoms with Gasteiger partial charge in [0, 0.05) is 30.2 Å². The van der Waals surface area contributed by atoms with E-state index in [0.29, 0.717) is 18.0 Å². The minimum Gasteiger partial charge on any atom is -0.444 e. The molecule has 1 atom stereocenters. The summed E-state index contributed by atoms with van der Waals surface area (Å²) in [7, 11) is 0. The Morgan fingerprint density at radius 3 is 2.61 bits per heavy atom. The van der Waals surface area contributed by atoms with Crippen molar-refractivity contribution in [2.24, 2.45) is 0 Å². The number of allylic oxidation sites excluding steroid dienone is 1. The fourth-order valence-electron chi connectivity index (χ4n) is 2.51. The molecule has 28 heavy (non-hydrogen) atoms. The van der Waals surface area contributed by atoms with Crippen LogP contribution in [-0.2, 0) is 17.7 Å². The smallest absolute Gasteiger partial charge is 0.408 e. The molecule has 0 saturated carbocycles. The highest BCUT2D eigenvalue weighted by atomic mass is 32.1. The van der Waals surface area contributed by atoms with Gasteiger partial charge >= 0.3 is 6.09 Å². The Bertz CT molecular complexity index is 826. The topological polar surface area (TPSA) is 80.3 Å². The third kappa shape index (κ3) is 7.15. The van der Waals surface area contributed by atoms with Gasteiger partial charge in [0.05, 0.1) is 0 Å². The molecule has 0 bridgehead atoms. The van der Waals surface area contributed by atoms with Crippen LogP contribution >= 0.6 is 11.3 Å². The molecular weight excluding hydrogens is 374 g/mol. The molecule has 0 aliphatic rings. The fourth-order valence-corrected chi connectivity index (χ4v) is 3.14. The molecule has 6 nitrogen and oxygen atoms in total. The molecule has 7 heteroatoms. The lowest BCUT2D eigenvalue weighted by Gasteiger charge is -2.23. The van der Waals surface area contributed by atoms with E-state index in [0.717, 1.165) is 16.8 Å². The number of alkyl carbamates (subject to hydrolysis) is 1. The van der Waals surface area contributed by atoms with E-state index in [4.69, 9.17) is 4.74 Å². The van der Waals surface area contributed by atoms with E-state index >= 15 is 0 Å². The van der Waals surface area contributed by atoms with Crippen LogP contribution < -0.4 is 10.6 Å². The van der Waals surface area contributed by atoms with Crippen LogP contribution in [0, 0.1) is 0 Å². The van der Waals surface area contributed by atoms with Crippen LogP contribution in [0.1, 0.15) is 48.6 Å². The summed E-state index contributed by atoms with van der Waals surface area (Å²) in [6.45, 7) is 11.7. The van der Waals surface area contributed by atoms with Crippen LogP contribution in [0.25, 0.3) is 0 Å². The molecule has 0 aliphatic carbocycles. The number of ketones is 1. The zero-order valence-corrected chi connectivity index (χ0v) is 17.6. The molecule has 150 valence electrons. The first-order chi connectivity index (χ1) is 13.1. The Morgan fingerprint density at radius 1 is 1.29 bits per heavy atom. The van der Waals surface area contributed by atoms with Crippen molar-refractivity contribution in [2.45, 2.75) is 52.3 Å². The minimum atomic E-state index is -0.759. The summed E-state index contributed by atoms with van der Waals surface area (Å²) in [5.74, 6) is -0.230. The van der Waals surface area contributed by atoms with Gasteiger partial charge in [-0.05, 0) is 38.8 Å². The fraction of sp³-hybridized carbons (Fsp3) is 0.381. The number of thiazole rings is 1. The van der Waals surface area contributed by atoms with Gasteiger partial charge in [-0.3, -0.25) is 4.79 Å². The van der Waals surface area contributed by atoms with Crippen molar-refractivity contribution in [3.63, 3.8) is 0 Å². The molecule has 2 N–H and O–H groups in total. The Morgan fingerprint density at radius 2 is 2.00 bits per heavy atom. The molecule has 1 amide bonds. The number of amides is 1. The summed E-state index contributed by atoms with van der Waals surface area (Å²) in [4.78, 5) is 29.2. The van der Waals surface area contributed by atoms with Crippen molar-refractivity contribution in [2.75, 3.05) is 0 Å². The Labute approximate surface area is 170 Å². The van der Waals surface area contributed by atoms with Crippen LogP contribution in [0.5, 0.6) is 0 Å². The van der Waals surface area contributed by atoms with Crippen LogP contribution in [-0.4, -0.2) is 28.5 Å². The Kier molecular flexibility index (Phi) is 7.34. The summed E-state index contributed by atoms with van der Waals surface area (Å²) >= 11 is 1.25. The van der Waals surface area contributed by atoms with Gasteiger partial charge in [-0.2, -0.15) is 0 Å². The second kappa shape index (κ2) is 9.50. The number of ether oxygens (including phenoxy) is 1. The van der Waals surface area contributed by atoms with Crippen LogP contribution in [0.2, 0.25) is 0 Å². The number of nitrogens with zero attached hydrogens (tertiary/aromatic N) is 1. The van der Waals surface area contributed by atoms with Crippen molar-refractivity contribution in [3.05, 3.63) is 64.3 Å². The van der Waals surface area contributed by atoms with E-state index in [9.17, 15) is 9.59 Å². The van der Waals surface area contributed by atoms with Gasteiger partial charge < -0.3 is 15.4 Å². The van der Waals surface area contributed by atoms with Crippen LogP contribution in [0.4, 0.5) is 4.79 Å². The maximum Gasteiger partial charge on any atom is 0.408 e. The number of carbonyl (C=O) groups excluding carboxylic acids is 2. The molecular formula is C21H27N3O3S. The highest BCUT2D eigenvalue weighted by molar-refractivity contribution is 7.11. The van der Waals surface area contributed by atoms with E-state index < -0.39 is 17.7 Å². The zero-order valence-electron chi connectivity index (χ0n) is 16.7. The highest BCUT2D eigenvalue weighted by Crippen LogP contribution is 2.15.